The Morgan fingerprint density at radius 1 is 1.44 bits per heavy atom. The highest BCUT2D eigenvalue weighted by Gasteiger charge is 2.34. The largest absolute Gasteiger partial charge is 0.466 e. The molecule has 1 saturated heterocycles. The van der Waals surface area contributed by atoms with Gasteiger partial charge in [0.05, 0.1) is 16.8 Å². The van der Waals surface area contributed by atoms with Crippen molar-refractivity contribution >= 4 is 15.9 Å². The van der Waals surface area contributed by atoms with Gasteiger partial charge in [0.1, 0.15) is 5.76 Å². The van der Waals surface area contributed by atoms with E-state index in [1.165, 1.54) is 25.7 Å². The number of nitrogens with zero attached hydrogens (tertiary/aromatic N) is 1. The first-order chi connectivity index (χ1) is 8.75. The average molecular weight is 313 g/mol. The zero-order chi connectivity index (χ0) is 12.5. The highest BCUT2D eigenvalue weighted by molar-refractivity contribution is 9.10. The van der Waals surface area contributed by atoms with Gasteiger partial charge in [-0.2, -0.15) is 0 Å². The van der Waals surface area contributed by atoms with Crippen molar-refractivity contribution in [3.05, 3.63) is 22.6 Å². The first kappa shape index (κ1) is 12.7. The van der Waals surface area contributed by atoms with Crippen LogP contribution < -0.4 is 5.32 Å². The normalized spacial score (nSPS) is 29.7. The number of piperidine rings is 1. The van der Waals surface area contributed by atoms with Gasteiger partial charge in [0.2, 0.25) is 0 Å². The summed E-state index contributed by atoms with van der Waals surface area (Å²) in [5, 5.41) is 3.67. The molecule has 4 heteroatoms. The summed E-state index contributed by atoms with van der Waals surface area (Å²) < 4.78 is 6.82. The van der Waals surface area contributed by atoms with E-state index in [-0.39, 0.29) is 0 Å². The van der Waals surface area contributed by atoms with Crippen molar-refractivity contribution in [1.82, 2.24) is 10.2 Å². The van der Waals surface area contributed by atoms with E-state index in [4.69, 9.17) is 4.42 Å². The summed E-state index contributed by atoms with van der Waals surface area (Å²) in [5.74, 6) is 1.76. The van der Waals surface area contributed by atoms with Crippen LogP contribution in [0, 0.1) is 5.92 Å². The first-order valence-electron chi connectivity index (χ1n) is 6.92. The first-order valence-corrected chi connectivity index (χ1v) is 7.71. The molecule has 2 aliphatic rings. The Labute approximate surface area is 117 Å². The van der Waals surface area contributed by atoms with Gasteiger partial charge in [0, 0.05) is 12.6 Å². The van der Waals surface area contributed by atoms with Gasteiger partial charge >= 0.3 is 0 Å². The lowest BCUT2D eigenvalue weighted by Crippen LogP contribution is -2.40. The number of hydrogen-bond acceptors (Lipinski definition) is 3. The molecule has 3 rings (SSSR count). The Morgan fingerprint density at radius 3 is 2.94 bits per heavy atom. The van der Waals surface area contributed by atoms with E-state index in [0.29, 0.717) is 12.0 Å². The number of hydrogen-bond donors (Lipinski definition) is 1. The molecule has 1 aromatic heterocycles. The lowest BCUT2D eigenvalue weighted by atomic mass is 9.88. The third-order valence-corrected chi connectivity index (χ3v) is 4.82. The SMILES string of the molecule is CN1CCCC(CNC2CC2)C1c1occc1Br. The molecule has 0 aromatic carbocycles. The van der Waals surface area contributed by atoms with Crippen LogP contribution in [0.15, 0.2) is 21.2 Å². The van der Waals surface area contributed by atoms with Crippen LogP contribution in [0.5, 0.6) is 0 Å². The van der Waals surface area contributed by atoms with E-state index < -0.39 is 0 Å². The lowest BCUT2D eigenvalue weighted by Gasteiger charge is -2.38. The smallest absolute Gasteiger partial charge is 0.135 e. The molecule has 1 aromatic rings. The fourth-order valence-electron chi connectivity index (χ4n) is 3.01. The Morgan fingerprint density at radius 2 is 2.28 bits per heavy atom. The van der Waals surface area contributed by atoms with Gasteiger partial charge in [-0.05, 0) is 67.2 Å². The van der Waals surface area contributed by atoms with E-state index in [1.54, 1.807) is 6.26 Å². The van der Waals surface area contributed by atoms with Crippen molar-refractivity contribution in [2.45, 2.75) is 37.8 Å². The van der Waals surface area contributed by atoms with E-state index in [1.807, 2.05) is 6.07 Å². The van der Waals surface area contributed by atoms with Gasteiger partial charge in [0.15, 0.2) is 0 Å². The summed E-state index contributed by atoms with van der Waals surface area (Å²) in [6.07, 6.45) is 7.09. The number of furan rings is 1. The molecule has 0 spiro atoms. The molecule has 2 fully saturated rings. The number of halogens is 1. The third kappa shape index (κ3) is 2.65. The summed E-state index contributed by atoms with van der Waals surface area (Å²) in [7, 11) is 2.21. The van der Waals surface area contributed by atoms with Gasteiger partial charge in [-0.3, -0.25) is 4.90 Å². The topological polar surface area (TPSA) is 28.4 Å². The van der Waals surface area contributed by atoms with Crippen molar-refractivity contribution < 1.29 is 4.42 Å². The van der Waals surface area contributed by atoms with Gasteiger partial charge in [-0.25, -0.2) is 0 Å². The molecule has 2 atom stereocenters. The molecule has 0 bridgehead atoms. The third-order valence-electron chi connectivity index (χ3n) is 4.17. The molecule has 1 saturated carbocycles. The van der Waals surface area contributed by atoms with Crippen LogP contribution in [0.2, 0.25) is 0 Å². The molecule has 100 valence electrons. The average Bonchev–Trinajstić information content (AvgIpc) is 3.09. The minimum absolute atomic E-state index is 0.411. The molecule has 0 amide bonds. The number of nitrogens with one attached hydrogen (secondary N) is 1. The Kier molecular flexibility index (Phi) is 3.78. The van der Waals surface area contributed by atoms with Crippen LogP contribution in [-0.2, 0) is 0 Å². The maximum Gasteiger partial charge on any atom is 0.135 e. The monoisotopic (exact) mass is 312 g/mol. The quantitative estimate of drug-likeness (QED) is 0.925. The Bertz CT molecular complexity index is 402. The van der Waals surface area contributed by atoms with Crippen LogP contribution in [0.25, 0.3) is 0 Å². The molecule has 2 heterocycles. The zero-order valence-electron chi connectivity index (χ0n) is 10.9. The van der Waals surface area contributed by atoms with E-state index in [0.717, 1.165) is 29.4 Å². The molecular formula is C14H21BrN2O. The number of rotatable bonds is 4. The van der Waals surface area contributed by atoms with Crippen molar-refractivity contribution in [3.63, 3.8) is 0 Å². The van der Waals surface area contributed by atoms with Gasteiger partial charge in [0.25, 0.3) is 0 Å². The molecule has 3 nitrogen and oxygen atoms in total. The van der Waals surface area contributed by atoms with E-state index in [2.05, 4.69) is 33.2 Å². The standard InChI is InChI=1S/C14H21BrN2O/c1-17-7-2-3-10(9-16-11-4-5-11)13(17)14-12(15)6-8-18-14/h6,8,10-11,13,16H,2-5,7,9H2,1H3. The second-order valence-electron chi connectivity index (χ2n) is 5.64. The van der Waals surface area contributed by atoms with Crippen LogP contribution in [-0.4, -0.2) is 31.1 Å². The fourth-order valence-corrected chi connectivity index (χ4v) is 3.45. The fraction of sp³-hybridized carbons (Fsp3) is 0.714. The maximum atomic E-state index is 5.71. The minimum atomic E-state index is 0.411. The van der Waals surface area contributed by atoms with Crippen LogP contribution >= 0.6 is 15.9 Å². The summed E-state index contributed by atoms with van der Waals surface area (Å²) in [4.78, 5) is 2.44. The van der Waals surface area contributed by atoms with Gasteiger partial charge in [-0.1, -0.05) is 0 Å². The van der Waals surface area contributed by atoms with Crippen molar-refractivity contribution in [2.75, 3.05) is 20.1 Å². The highest BCUT2D eigenvalue weighted by Crippen LogP contribution is 2.38. The predicted molar refractivity (Wildman–Crippen MR) is 75.5 cm³/mol. The Hall–Kier alpha value is -0.320. The summed E-state index contributed by atoms with van der Waals surface area (Å²) >= 11 is 3.61. The lowest BCUT2D eigenvalue weighted by molar-refractivity contribution is 0.100. The Balaban J connectivity index is 1.74. The molecule has 1 N–H and O–H groups in total. The van der Waals surface area contributed by atoms with Crippen molar-refractivity contribution in [2.24, 2.45) is 5.92 Å². The number of likely N-dealkylation sites (tertiary alicyclic amines) is 1. The molecular weight excluding hydrogens is 292 g/mol. The van der Waals surface area contributed by atoms with Crippen LogP contribution in [0.1, 0.15) is 37.5 Å². The van der Waals surface area contributed by atoms with Gasteiger partial charge in [-0.15, -0.1) is 0 Å². The highest BCUT2D eigenvalue weighted by atomic mass is 79.9. The van der Waals surface area contributed by atoms with E-state index in [9.17, 15) is 0 Å². The second-order valence-corrected chi connectivity index (χ2v) is 6.50. The van der Waals surface area contributed by atoms with Crippen LogP contribution in [0.4, 0.5) is 0 Å². The summed E-state index contributed by atoms with van der Waals surface area (Å²) in [5.41, 5.74) is 0. The molecule has 1 aliphatic carbocycles. The minimum Gasteiger partial charge on any atom is -0.466 e. The molecule has 0 radical (unpaired) electrons. The van der Waals surface area contributed by atoms with E-state index >= 15 is 0 Å². The zero-order valence-corrected chi connectivity index (χ0v) is 12.4. The molecule has 18 heavy (non-hydrogen) atoms. The van der Waals surface area contributed by atoms with Gasteiger partial charge < -0.3 is 9.73 Å². The summed E-state index contributed by atoms with van der Waals surface area (Å²) in [6.45, 7) is 2.28. The second kappa shape index (κ2) is 5.35. The molecule has 1 aliphatic heterocycles. The molecule has 2 unspecified atom stereocenters. The van der Waals surface area contributed by atoms with Crippen molar-refractivity contribution in [3.8, 4) is 0 Å². The predicted octanol–water partition coefficient (Wildman–Crippen LogP) is 3.18. The maximum absolute atomic E-state index is 5.71. The summed E-state index contributed by atoms with van der Waals surface area (Å²) in [6, 6.07) is 3.20. The van der Waals surface area contributed by atoms with Crippen molar-refractivity contribution in [1.29, 1.82) is 0 Å². The van der Waals surface area contributed by atoms with Crippen LogP contribution in [0.3, 0.4) is 0 Å².